The first-order chi connectivity index (χ1) is 13.2. The summed E-state index contributed by atoms with van der Waals surface area (Å²) in [6.07, 6.45) is 3.22. The number of ether oxygens (including phenoxy) is 1. The number of amides is 1. The molecule has 0 aliphatic carbocycles. The van der Waals surface area contributed by atoms with E-state index in [2.05, 4.69) is 25.5 Å². The molecule has 4 rings (SSSR count). The van der Waals surface area contributed by atoms with Crippen LogP contribution in [0.2, 0.25) is 0 Å². The van der Waals surface area contributed by atoms with E-state index in [0.29, 0.717) is 6.54 Å². The van der Waals surface area contributed by atoms with Crippen molar-refractivity contribution in [2.75, 3.05) is 25.1 Å². The summed E-state index contributed by atoms with van der Waals surface area (Å²) in [6.45, 7) is 2.12. The zero-order chi connectivity index (χ0) is 18.6. The van der Waals surface area contributed by atoms with Gasteiger partial charge in [0.15, 0.2) is 5.65 Å². The second kappa shape index (κ2) is 7.61. The molecule has 1 saturated heterocycles. The maximum absolute atomic E-state index is 12.5. The topological polar surface area (TPSA) is 84.6 Å². The third-order valence-corrected chi connectivity index (χ3v) is 4.94. The summed E-state index contributed by atoms with van der Waals surface area (Å²) in [7, 11) is 1.64. The van der Waals surface area contributed by atoms with Gasteiger partial charge < -0.3 is 15.0 Å². The van der Waals surface area contributed by atoms with Crippen molar-refractivity contribution in [1.29, 1.82) is 0 Å². The van der Waals surface area contributed by atoms with Gasteiger partial charge in [-0.2, -0.15) is 4.52 Å². The molecule has 0 spiro atoms. The Kier molecular flexibility index (Phi) is 4.86. The molecule has 0 unspecified atom stereocenters. The number of aromatic nitrogens is 4. The Morgan fingerprint density at radius 2 is 2.11 bits per heavy atom. The largest absolute Gasteiger partial charge is 0.497 e. The molecule has 1 fully saturated rings. The third-order valence-electron chi connectivity index (χ3n) is 4.94. The van der Waals surface area contributed by atoms with Crippen LogP contribution in [-0.2, 0) is 11.3 Å². The van der Waals surface area contributed by atoms with E-state index in [-0.39, 0.29) is 11.8 Å². The van der Waals surface area contributed by atoms with Gasteiger partial charge in [0, 0.05) is 25.6 Å². The Labute approximate surface area is 157 Å². The van der Waals surface area contributed by atoms with Gasteiger partial charge in [0.05, 0.1) is 7.11 Å². The summed E-state index contributed by atoms with van der Waals surface area (Å²) >= 11 is 0. The van der Waals surface area contributed by atoms with Gasteiger partial charge in [-0.1, -0.05) is 12.1 Å². The molecule has 0 bridgehead atoms. The van der Waals surface area contributed by atoms with Crippen LogP contribution in [-0.4, -0.2) is 45.9 Å². The van der Waals surface area contributed by atoms with Crippen molar-refractivity contribution in [3.05, 3.63) is 48.3 Å². The molecule has 8 nitrogen and oxygen atoms in total. The van der Waals surface area contributed by atoms with Gasteiger partial charge in [0.25, 0.3) is 0 Å². The predicted molar refractivity (Wildman–Crippen MR) is 101 cm³/mol. The number of nitrogens with one attached hydrogen (secondary N) is 1. The first-order valence-electron chi connectivity index (χ1n) is 9.05. The molecule has 3 aromatic rings. The lowest BCUT2D eigenvalue weighted by molar-refractivity contribution is -0.125. The summed E-state index contributed by atoms with van der Waals surface area (Å²) in [5.74, 6) is 1.83. The minimum atomic E-state index is 0.0329. The average Bonchev–Trinajstić information content (AvgIpc) is 3.20. The number of methoxy groups -OCH3 is 1. The number of nitrogens with zero attached hydrogens (tertiary/aromatic N) is 5. The highest BCUT2D eigenvalue weighted by atomic mass is 16.5. The number of anilines is 1. The van der Waals surface area contributed by atoms with E-state index in [9.17, 15) is 4.79 Å². The fourth-order valence-corrected chi connectivity index (χ4v) is 3.37. The summed E-state index contributed by atoms with van der Waals surface area (Å²) in [6, 6.07) is 11.6. The van der Waals surface area contributed by atoms with E-state index >= 15 is 0 Å². The molecule has 1 N–H and O–H groups in total. The number of rotatable bonds is 5. The third kappa shape index (κ3) is 3.84. The van der Waals surface area contributed by atoms with Gasteiger partial charge in [0.1, 0.15) is 17.9 Å². The van der Waals surface area contributed by atoms with E-state index in [1.54, 1.807) is 18.0 Å². The second-order valence-corrected chi connectivity index (χ2v) is 6.66. The van der Waals surface area contributed by atoms with Crippen LogP contribution < -0.4 is 15.0 Å². The zero-order valence-electron chi connectivity index (χ0n) is 15.2. The van der Waals surface area contributed by atoms with Gasteiger partial charge >= 0.3 is 0 Å². The lowest BCUT2D eigenvalue weighted by Gasteiger charge is -2.32. The van der Waals surface area contributed by atoms with Crippen LogP contribution in [0, 0.1) is 5.92 Å². The Bertz CT molecular complexity index is 933. The maximum Gasteiger partial charge on any atom is 0.223 e. The fourth-order valence-electron chi connectivity index (χ4n) is 3.37. The quantitative estimate of drug-likeness (QED) is 0.739. The van der Waals surface area contributed by atoms with Crippen LogP contribution in [0.3, 0.4) is 0 Å². The molecular weight excluding hydrogens is 344 g/mol. The van der Waals surface area contributed by atoms with Crippen molar-refractivity contribution < 1.29 is 9.53 Å². The Hall–Kier alpha value is -3.16. The normalized spacial score (nSPS) is 15.1. The van der Waals surface area contributed by atoms with E-state index in [4.69, 9.17) is 4.74 Å². The highest BCUT2D eigenvalue weighted by Gasteiger charge is 2.25. The van der Waals surface area contributed by atoms with Gasteiger partial charge in [-0.3, -0.25) is 4.79 Å². The zero-order valence-corrected chi connectivity index (χ0v) is 15.2. The first kappa shape index (κ1) is 17.3. The summed E-state index contributed by atoms with van der Waals surface area (Å²) in [5, 5.41) is 15.4. The SMILES string of the molecule is COc1cccc(CNC(=O)C2CCN(c3ccc4nncn4n3)CC2)c1. The Morgan fingerprint density at radius 3 is 2.93 bits per heavy atom. The molecule has 1 aliphatic rings. The molecule has 27 heavy (non-hydrogen) atoms. The lowest BCUT2D eigenvalue weighted by Crippen LogP contribution is -2.40. The Morgan fingerprint density at radius 1 is 1.26 bits per heavy atom. The van der Waals surface area contributed by atoms with Gasteiger partial charge in [-0.05, 0) is 42.7 Å². The monoisotopic (exact) mass is 366 g/mol. The number of piperidine rings is 1. The fraction of sp³-hybridized carbons (Fsp3) is 0.368. The second-order valence-electron chi connectivity index (χ2n) is 6.66. The smallest absolute Gasteiger partial charge is 0.223 e. The maximum atomic E-state index is 12.5. The van der Waals surface area contributed by atoms with E-state index in [1.807, 2.05) is 36.4 Å². The molecule has 2 aromatic heterocycles. The predicted octanol–water partition coefficient (Wildman–Crippen LogP) is 1.67. The van der Waals surface area contributed by atoms with Crippen LogP contribution >= 0.6 is 0 Å². The van der Waals surface area contributed by atoms with Crippen LogP contribution in [0.15, 0.2) is 42.7 Å². The highest BCUT2D eigenvalue weighted by Crippen LogP contribution is 2.22. The molecule has 1 amide bonds. The van der Waals surface area contributed by atoms with Crippen molar-refractivity contribution in [3.8, 4) is 5.75 Å². The molecule has 8 heteroatoms. The molecule has 140 valence electrons. The summed E-state index contributed by atoms with van der Waals surface area (Å²) in [5.41, 5.74) is 1.76. The molecule has 0 radical (unpaired) electrons. The molecule has 1 aromatic carbocycles. The van der Waals surface area contributed by atoms with Crippen molar-refractivity contribution in [2.45, 2.75) is 19.4 Å². The number of hydrogen-bond acceptors (Lipinski definition) is 6. The van der Waals surface area contributed by atoms with Crippen LogP contribution in [0.4, 0.5) is 5.82 Å². The number of hydrogen-bond donors (Lipinski definition) is 1. The van der Waals surface area contributed by atoms with Gasteiger partial charge in [-0.25, -0.2) is 0 Å². The van der Waals surface area contributed by atoms with Crippen LogP contribution in [0.5, 0.6) is 5.75 Å². The number of carbonyl (C=O) groups excluding carboxylic acids is 1. The number of benzene rings is 1. The Balaban J connectivity index is 1.31. The van der Waals surface area contributed by atoms with E-state index in [0.717, 1.165) is 48.7 Å². The average molecular weight is 366 g/mol. The van der Waals surface area contributed by atoms with Gasteiger partial charge in [-0.15, -0.1) is 15.3 Å². The van der Waals surface area contributed by atoms with Crippen molar-refractivity contribution >= 4 is 17.4 Å². The highest BCUT2D eigenvalue weighted by molar-refractivity contribution is 5.79. The molecule has 0 atom stereocenters. The molecular formula is C19H22N6O2. The van der Waals surface area contributed by atoms with Crippen molar-refractivity contribution in [3.63, 3.8) is 0 Å². The van der Waals surface area contributed by atoms with Crippen LogP contribution in [0.25, 0.3) is 5.65 Å². The summed E-state index contributed by atoms with van der Waals surface area (Å²) < 4.78 is 6.89. The van der Waals surface area contributed by atoms with Crippen molar-refractivity contribution in [1.82, 2.24) is 25.1 Å². The number of carbonyl (C=O) groups is 1. The molecule has 3 heterocycles. The minimum absolute atomic E-state index is 0.0329. The van der Waals surface area contributed by atoms with Gasteiger partial charge in [0.2, 0.25) is 5.91 Å². The van der Waals surface area contributed by atoms with E-state index < -0.39 is 0 Å². The van der Waals surface area contributed by atoms with E-state index in [1.165, 1.54) is 0 Å². The molecule has 0 saturated carbocycles. The number of fused-ring (bicyclic) bond motifs is 1. The lowest BCUT2D eigenvalue weighted by atomic mass is 9.96. The van der Waals surface area contributed by atoms with Crippen LogP contribution in [0.1, 0.15) is 18.4 Å². The minimum Gasteiger partial charge on any atom is -0.497 e. The summed E-state index contributed by atoms with van der Waals surface area (Å²) in [4.78, 5) is 14.7. The standard InChI is InChI=1S/C19H22N6O2/c1-27-16-4-2-3-14(11-16)12-20-19(26)15-7-9-24(10-8-15)18-6-5-17-22-21-13-25(17)23-18/h2-6,11,13,15H,7-10,12H2,1H3,(H,20,26). The van der Waals surface area contributed by atoms with Crippen molar-refractivity contribution in [2.24, 2.45) is 5.92 Å². The first-order valence-corrected chi connectivity index (χ1v) is 9.05. The molecule has 1 aliphatic heterocycles.